The molecule has 0 aliphatic rings. The average Bonchev–Trinajstić information content (AvgIpc) is 2.61. The number of ether oxygens (including phenoxy) is 2. The number of hydrogen-bond acceptors (Lipinski definition) is 8. The first kappa shape index (κ1) is 30.3. The Morgan fingerprint density at radius 3 is 1.53 bits per heavy atom. The van der Waals surface area contributed by atoms with Crippen molar-refractivity contribution < 1.29 is 31.4 Å². The molecule has 30 heavy (non-hydrogen) atoms. The van der Waals surface area contributed by atoms with Crippen molar-refractivity contribution in [2.45, 2.75) is 30.6 Å². The highest BCUT2D eigenvalue weighted by molar-refractivity contribution is 8.13. The number of aliphatic hydroxyl groups excluding tert-OH is 1. The lowest BCUT2D eigenvalue weighted by Gasteiger charge is -2.06. The summed E-state index contributed by atoms with van der Waals surface area (Å²) < 4.78 is 54.0. The number of methoxy groups -OCH3 is 2. The third-order valence-electron chi connectivity index (χ3n) is 3.21. The Morgan fingerprint density at radius 2 is 1.23 bits per heavy atom. The zero-order chi connectivity index (χ0) is 22.8. The number of primary sulfonamides is 1. The second kappa shape index (κ2) is 13.4. The van der Waals surface area contributed by atoms with Gasteiger partial charge in [0.15, 0.2) is 0 Å². The van der Waals surface area contributed by atoms with Crippen LogP contribution in [0.15, 0.2) is 46.2 Å². The minimum absolute atomic E-state index is 0. The van der Waals surface area contributed by atoms with Crippen LogP contribution in [0.1, 0.15) is 18.1 Å². The van der Waals surface area contributed by atoms with Gasteiger partial charge in [0.25, 0.3) is 9.05 Å². The van der Waals surface area contributed by atoms with Crippen molar-refractivity contribution in [1.29, 1.82) is 0 Å². The number of hydrogen-bond donors (Lipinski definition) is 3. The number of sulfonamides is 1. The monoisotopic (exact) mass is 484 g/mol. The number of aryl methyl sites for hydroxylation is 2. The summed E-state index contributed by atoms with van der Waals surface area (Å²) in [5.74, 6) is 0.536. The first-order valence-corrected chi connectivity index (χ1v) is 12.0. The van der Waals surface area contributed by atoms with Gasteiger partial charge in [-0.2, -0.15) is 0 Å². The molecule has 0 heterocycles. The molecule has 172 valence electrons. The third-order valence-corrected chi connectivity index (χ3v) is 5.48. The standard InChI is InChI=1S/C8H9ClO3S.C8H11NO3S.C2H6O.H3N/c2*1-6-3-4-7(12-2)8(5-6)13(9,10)11;1-2-3;/h3-5H,1-2H3;3-5H,1-2H3,(H2,9,10,11);3H,2H2,1H3;1H3. The molecule has 0 fully saturated rings. The highest BCUT2D eigenvalue weighted by Gasteiger charge is 2.16. The van der Waals surface area contributed by atoms with Gasteiger partial charge >= 0.3 is 0 Å². The van der Waals surface area contributed by atoms with E-state index in [1.54, 1.807) is 45.0 Å². The van der Waals surface area contributed by atoms with Crippen molar-refractivity contribution in [2.75, 3.05) is 20.8 Å². The van der Waals surface area contributed by atoms with Crippen LogP contribution in [-0.2, 0) is 19.1 Å². The summed E-state index contributed by atoms with van der Waals surface area (Å²) in [6, 6.07) is 9.62. The van der Waals surface area contributed by atoms with Gasteiger partial charge in [-0.25, -0.2) is 22.0 Å². The zero-order valence-electron chi connectivity index (χ0n) is 17.5. The van der Waals surface area contributed by atoms with Gasteiger partial charge in [0, 0.05) is 17.3 Å². The molecule has 0 aromatic heterocycles. The van der Waals surface area contributed by atoms with Crippen LogP contribution < -0.4 is 20.8 Å². The third kappa shape index (κ3) is 10.2. The first-order valence-electron chi connectivity index (χ1n) is 8.19. The van der Waals surface area contributed by atoms with Gasteiger partial charge in [0.1, 0.15) is 21.3 Å². The van der Waals surface area contributed by atoms with E-state index in [0.29, 0.717) is 0 Å². The van der Waals surface area contributed by atoms with Gasteiger partial charge in [0.2, 0.25) is 10.0 Å². The molecule has 0 spiro atoms. The number of rotatable bonds is 4. The molecular formula is C18H29ClN2O7S2. The van der Waals surface area contributed by atoms with E-state index in [-0.39, 0.29) is 34.0 Å². The molecule has 0 bridgehead atoms. The molecule has 0 amide bonds. The summed E-state index contributed by atoms with van der Waals surface area (Å²) in [4.78, 5) is 0.0340. The molecule has 0 aliphatic heterocycles. The summed E-state index contributed by atoms with van der Waals surface area (Å²) in [6.45, 7) is 5.50. The Balaban J connectivity index is 0. The Morgan fingerprint density at radius 1 is 0.900 bits per heavy atom. The fourth-order valence-electron chi connectivity index (χ4n) is 1.98. The topological polar surface area (TPSA) is 168 Å². The molecule has 12 heteroatoms. The first-order chi connectivity index (χ1) is 13.3. The van der Waals surface area contributed by atoms with E-state index in [1.165, 1.54) is 26.4 Å². The number of halogens is 1. The summed E-state index contributed by atoms with van der Waals surface area (Å²) >= 11 is 0. The summed E-state index contributed by atoms with van der Waals surface area (Å²) in [5.41, 5.74) is 1.64. The van der Waals surface area contributed by atoms with Gasteiger partial charge in [0.05, 0.1) is 14.2 Å². The van der Waals surface area contributed by atoms with Crippen LogP contribution >= 0.6 is 10.7 Å². The van der Waals surface area contributed by atoms with Gasteiger partial charge in [-0.1, -0.05) is 12.1 Å². The summed E-state index contributed by atoms with van der Waals surface area (Å²) in [7, 11) is 0.594. The SMILES string of the molecule is CCO.COc1ccc(C)cc1S(=O)(=O)Cl.COc1ccc(C)cc1S(N)(=O)=O.N. The van der Waals surface area contributed by atoms with E-state index in [4.69, 9.17) is 30.4 Å². The Hall–Kier alpha value is -1.89. The molecule has 0 saturated carbocycles. The van der Waals surface area contributed by atoms with E-state index in [9.17, 15) is 16.8 Å². The molecule has 0 radical (unpaired) electrons. The molecule has 0 saturated heterocycles. The highest BCUT2D eigenvalue weighted by Crippen LogP contribution is 2.27. The van der Waals surface area contributed by atoms with Crippen molar-refractivity contribution in [3.63, 3.8) is 0 Å². The van der Waals surface area contributed by atoms with Crippen LogP contribution in [0, 0.1) is 13.8 Å². The van der Waals surface area contributed by atoms with Crippen LogP contribution in [0.25, 0.3) is 0 Å². The van der Waals surface area contributed by atoms with Crippen molar-refractivity contribution in [3.8, 4) is 11.5 Å². The van der Waals surface area contributed by atoms with Gasteiger partial charge in [-0.15, -0.1) is 0 Å². The molecule has 2 aromatic carbocycles. The van der Waals surface area contributed by atoms with Crippen molar-refractivity contribution in [1.82, 2.24) is 6.15 Å². The fraction of sp³-hybridized carbons (Fsp3) is 0.333. The molecule has 0 atom stereocenters. The van der Waals surface area contributed by atoms with Gasteiger partial charge in [-0.05, 0) is 56.2 Å². The fourth-order valence-corrected chi connectivity index (χ4v) is 3.84. The van der Waals surface area contributed by atoms with E-state index in [1.807, 2.05) is 0 Å². The van der Waals surface area contributed by atoms with Crippen LogP contribution in [0.3, 0.4) is 0 Å². The number of aliphatic hydroxyl groups is 1. The van der Waals surface area contributed by atoms with Gasteiger partial charge in [-0.3, -0.25) is 0 Å². The van der Waals surface area contributed by atoms with Crippen molar-refractivity contribution in [2.24, 2.45) is 5.14 Å². The molecule has 2 aromatic rings. The predicted molar refractivity (Wildman–Crippen MR) is 118 cm³/mol. The van der Waals surface area contributed by atoms with E-state index in [0.717, 1.165) is 11.1 Å². The zero-order valence-corrected chi connectivity index (χ0v) is 19.9. The van der Waals surface area contributed by atoms with Crippen LogP contribution in [-0.4, -0.2) is 42.8 Å². The quantitative estimate of drug-likeness (QED) is 0.556. The van der Waals surface area contributed by atoms with E-state index in [2.05, 4.69) is 0 Å². The molecular weight excluding hydrogens is 456 g/mol. The lowest BCUT2D eigenvalue weighted by Crippen LogP contribution is -2.13. The minimum Gasteiger partial charge on any atom is -0.495 e. The second-order valence-electron chi connectivity index (χ2n) is 5.61. The molecule has 0 unspecified atom stereocenters. The van der Waals surface area contributed by atoms with Crippen molar-refractivity contribution >= 4 is 29.8 Å². The number of benzene rings is 2. The molecule has 2 rings (SSSR count). The molecule has 9 nitrogen and oxygen atoms in total. The van der Waals surface area contributed by atoms with Crippen LogP contribution in [0.2, 0.25) is 0 Å². The van der Waals surface area contributed by atoms with Gasteiger partial charge < -0.3 is 20.7 Å². The molecule has 6 N–H and O–H groups in total. The lowest BCUT2D eigenvalue weighted by molar-refractivity contribution is 0.318. The average molecular weight is 485 g/mol. The smallest absolute Gasteiger partial charge is 0.264 e. The normalized spacial score (nSPS) is 10.4. The maximum Gasteiger partial charge on any atom is 0.264 e. The predicted octanol–water partition coefficient (Wildman–Crippen LogP) is 2.74. The highest BCUT2D eigenvalue weighted by atomic mass is 35.7. The summed E-state index contributed by atoms with van der Waals surface area (Å²) in [5, 5.41) is 12.6. The largest absolute Gasteiger partial charge is 0.495 e. The van der Waals surface area contributed by atoms with Crippen LogP contribution in [0.4, 0.5) is 0 Å². The lowest BCUT2D eigenvalue weighted by atomic mass is 10.2. The van der Waals surface area contributed by atoms with E-state index >= 15 is 0 Å². The molecule has 0 aliphatic carbocycles. The maximum atomic E-state index is 11.1. The van der Waals surface area contributed by atoms with Crippen molar-refractivity contribution in [3.05, 3.63) is 47.5 Å². The Kier molecular flexibility index (Phi) is 13.6. The van der Waals surface area contributed by atoms with E-state index < -0.39 is 19.1 Å². The number of nitrogens with two attached hydrogens (primary N) is 1. The summed E-state index contributed by atoms with van der Waals surface area (Å²) in [6.07, 6.45) is 0. The minimum atomic E-state index is -3.72. The Bertz CT molecular complexity index is 930. The maximum absolute atomic E-state index is 11.1. The van der Waals surface area contributed by atoms with Crippen LogP contribution in [0.5, 0.6) is 11.5 Å². The Labute approximate surface area is 182 Å². The second-order valence-corrected chi connectivity index (χ2v) is 9.67.